The van der Waals surface area contributed by atoms with Crippen LogP contribution < -0.4 is 10.7 Å². The lowest BCUT2D eigenvalue weighted by molar-refractivity contribution is -0.138. The van der Waals surface area contributed by atoms with Crippen LogP contribution in [-0.2, 0) is 20.9 Å². The Hall–Kier alpha value is -3.33. The van der Waals surface area contributed by atoms with Crippen molar-refractivity contribution < 1.29 is 23.9 Å². The average Bonchev–Trinajstić information content (AvgIpc) is 2.94. The average molecular weight is 382 g/mol. The molecule has 1 unspecified atom stereocenters. The van der Waals surface area contributed by atoms with Gasteiger partial charge in [-0.3, -0.25) is 24.6 Å². The molecular formula is C19H18N4O5. The molecule has 4 amide bonds. The van der Waals surface area contributed by atoms with E-state index in [1.54, 1.807) is 24.3 Å². The van der Waals surface area contributed by atoms with E-state index < -0.39 is 29.5 Å². The Morgan fingerprint density at radius 2 is 2.00 bits per heavy atom. The predicted molar refractivity (Wildman–Crippen MR) is 96.8 cm³/mol. The largest absolute Gasteiger partial charge is 0.378 e. The Bertz CT molecular complexity index is 1020. The molecule has 9 heteroatoms. The normalized spacial score (nSPS) is 19.0. The molecule has 4 rings (SSSR count). The molecule has 28 heavy (non-hydrogen) atoms. The minimum absolute atomic E-state index is 0.0407. The summed E-state index contributed by atoms with van der Waals surface area (Å²) in [5, 5.41) is 3.80. The number of carbonyl (C=O) groups is 4. The fourth-order valence-electron chi connectivity index (χ4n) is 3.58. The molecule has 2 aliphatic heterocycles. The van der Waals surface area contributed by atoms with Gasteiger partial charge >= 0.3 is 0 Å². The van der Waals surface area contributed by atoms with Crippen molar-refractivity contribution in [3.63, 3.8) is 0 Å². The number of hydrogen-bond donors (Lipinski definition) is 2. The third-order valence-electron chi connectivity index (χ3n) is 4.91. The van der Waals surface area contributed by atoms with Gasteiger partial charge in [0.2, 0.25) is 5.91 Å². The summed E-state index contributed by atoms with van der Waals surface area (Å²) >= 11 is 0. The van der Waals surface area contributed by atoms with Gasteiger partial charge in [-0.25, -0.2) is 4.98 Å². The zero-order valence-electron chi connectivity index (χ0n) is 15.2. The molecule has 1 atom stereocenters. The lowest BCUT2D eigenvalue weighted by atomic mass is 9.98. The second-order valence-corrected chi connectivity index (χ2v) is 6.67. The van der Waals surface area contributed by atoms with E-state index in [1.165, 1.54) is 7.11 Å². The van der Waals surface area contributed by atoms with Crippen LogP contribution in [0.4, 0.5) is 0 Å². The highest BCUT2D eigenvalue weighted by Crippen LogP contribution is 2.31. The number of aromatic nitrogens is 1. The Morgan fingerprint density at radius 3 is 2.75 bits per heavy atom. The molecule has 2 aliphatic rings. The number of ether oxygens (including phenoxy) is 1. The fraction of sp³-hybridized carbons (Fsp3) is 0.316. The van der Waals surface area contributed by atoms with Crippen LogP contribution in [0.1, 0.15) is 39.3 Å². The summed E-state index contributed by atoms with van der Waals surface area (Å²) in [4.78, 5) is 54.8. The van der Waals surface area contributed by atoms with E-state index >= 15 is 0 Å². The molecule has 144 valence electrons. The Labute approximate surface area is 160 Å². The SMILES string of the molecule is COCc1nc2ccccc2c2c1C(=O)N(NC(=O)C1CCCNC1=O)C2=O. The molecular weight excluding hydrogens is 364 g/mol. The van der Waals surface area contributed by atoms with Gasteiger partial charge in [-0.2, -0.15) is 5.01 Å². The molecule has 1 aromatic heterocycles. The minimum Gasteiger partial charge on any atom is -0.378 e. The van der Waals surface area contributed by atoms with Gasteiger partial charge in [-0.1, -0.05) is 18.2 Å². The van der Waals surface area contributed by atoms with Crippen LogP contribution in [0.2, 0.25) is 0 Å². The summed E-state index contributed by atoms with van der Waals surface area (Å²) in [5.41, 5.74) is 3.48. The maximum atomic E-state index is 13.0. The lowest BCUT2D eigenvalue weighted by Crippen LogP contribution is -2.52. The Balaban J connectivity index is 1.72. The van der Waals surface area contributed by atoms with Crippen molar-refractivity contribution in [2.75, 3.05) is 13.7 Å². The number of para-hydroxylation sites is 1. The van der Waals surface area contributed by atoms with E-state index in [1.807, 2.05) is 0 Å². The summed E-state index contributed by atoms with van der Waals surface area (Å²) in [6.45, 7) is 0.548. The van der Waals surface area contributed by atoms with Gasteiger partial charge in [0.15, 0.2) is 0 Å². The van der Waals surface area contributed by atoms with Crippen LogP contribution in [0.15, 0.2) is 24.3 Å². The van der Waals surface area contributed by atoms with Gasteiger partial charge in [0, 0.05) is 19.0 Å². The number of carbonyl (C=O) groups excluding carboxylic acids is 4. The van der Waals surface area contributed by atoms with E-state index in [0.29, 0.717) is 41.0 Å². The number of rotatable bonds is 4. The maximum absolute atomic E-state index is 13.0. The second kappa shape index (κ2) is 7.01. The van der Waals surface area contributed by atoms with Crippen molar-refractivity contribution >= 4 is 34.5 Å². The summed E-state index contributed by atoms with van der Waals surface area (Å²) < 4.78 is 5.13. The van der Waals surface area contributed by atoms with E-state index in [4.69, 9.17) is 4.74 Å². The number of hydrogen-bond acceptors (Lipinski definition) is 6. The molecule has 9 nitrogen and oxygen atoms in total. The van der Waals surface area contributed by atoms with E-state index in [9.17, 15) is 19.2 Å². The molecule has 1 fully saturated rings. The first-order chi connectivity index (χ1) is 13.5. The number of nitrogens with one attached hydrogen (secondary N) is 2. The molecule has 0 spiro atoms. The minimum atomic E-state index is -0.939. The first-order valence-corrected chi connectivity index (χ1v) is 8.90. The smallest absolute Gasteiger partial charge is 0.282 e. The summed E-state index contributed by atoms with van der Waals surface area (Å²) in [6, 6.07) is 6.95. The van der Waals surface area contributed by atoms with Gasteiger partial charge in [-0.05, 0) is 18.9 Å². The van der Waals surface area contributed by atoms with Gasteiger partial charge in [0.05, 0.1) is 28.9 Å². The molecule has 0 saturated carbocycles. The number of amides is 4. The van der Waals surface area contributed by atoms with Gasteiger partial charge < -0.3 is 10.1 Å². The number of piperidine rings is 1. The first kappa shape index (κ1) is 18.1. The highest BCUT2D eigenvalue weighted by Gasteiger charge is 2.42. The number of fused-ring (bicyclic) bond motifs is 3. The molecule has 0 bridgehead atoms. The molecule has 2 aromatic rings. The van der Waals surface area contributed by atoms with Crippen molar-refractivity contribution in [1.82, 2.24) is 20.7 Å². The van der Waals surface area contributed by atoms with Crippen molar-refractivity contribution in [3.05, 3.63) is 41.1 Å². The van der Waals surface area contributed by atoms with E-state index in [-0.39, 0.29) is 17.7 Å². The monoisotopic (exact) mass is 382 g/mol. The van der Waals surface area contributed by atoms with Gasteiger partial charge in [0.1, 0.15) is 5.92 Å². The van der Waals surface area contributed by atoms with Crippen LogP contribution in [0.5, 0.6) is 0 Å². The van der Waals surface area contributed by atoms with Crippen LogP contribution in [0.3, 0.4) is 0 Å². The highest BCUT2D eigenvalue weighted by atomic mass is 16.5. The first-order valence-electron chi connectivity index (χ1n) is 8.90. The van der Waals surface area contributed by atoms with E-state index in [2.05, 4.69) is 15.7 Å². The van der Waals surface area contributed by atoms with Crippen molar-refractivity contribution in [2.24, 2.45) is 5.92 Å². The van der Waals surface area contributed by atoms with Crippen LogP contribution in [0.25, 0.3) is 10.9 Å². The third-order valence-corrected chi connectivity index (χ3v) is 4.91. The number of methoxy groups -OCH3 is 1. The molecule has 0 radical (unpaired) electrons. The highest BCUT2D eigenvalue weighted by molar-refractivity contribution is 6.27. The summed E-state index contributed by atoms with van der Waals surface area (Å²) in [6.07, 6.45) is 1.01. The number of nitrogens with zero attached hydrogens (tertiary/aromatic N) is 2. The van der Waals surface area contributed by atoms with Gasteiger partial charge in [-0.15, -0.1) is 0 Å². The van der Waals surface area contributed by atoms with Gasteiger partial charge in [0.25, 0.3) is 17.7 Å². The Morgan fingerprint density at radius 1 is 1.25 bits per heavy atom. The molecule has 2 N–H and O–H groups in total. The second-order valence-electron chi connectivity index (χ2n) is 6.67. The summed E-state index contributed by atoms with van der Waals surface area (Å²) in [7, 11) is 1.46. The number of imide groups is 1. The zero-order chi connectivity index (χ0) is 19.8. The quantitative estimate of drug-likeness (QED) is 0.589. The number of benzene rings is 1. The predicted octanol–water partition coefficient (Wildman–Crippen LogP) is 0.535. The van der Waals surface area contributed by atoms with Crippen molar-refractivity contribution in [3.8, 4) is 0 Å². The van der Waals surface area contributed by atoms with Crippen LogP contribution in [-0.4, -0.2) is 47.3 Å². The van der Waals surface area contributed by atoms with Crippen molar-refractivity contribution in [1.29, 1.82) is 0 Å². The Kier molecular flexibility index (Phi) is 4.52. The summed E-state index contributed by atoms with van der Waals surface area (Å²) in [5.74, 6) is -3.37. The molecule has 1 aromatic carbocycles. The zero-order valence-corrected chi connectivity index (χ0v) is 15.2. The van der Waals surface area contributed by atoms with E-state index in [0.717, 1.165) is 0 Å². The fourth-order valence-corrected chi connectivity index (χ4v) is 3.58. The lowest BCUT2D eigenvalue weighted by Gasteiger charge is -2.23. The third kappa shape index (κ3) is 2.80. The van der Waals surface area contributed by atoms with Crippen molar-refractivity contribution in [2.45, 2.75) is 19.4 Å². The molecule has 3 heterocycles. The maximum Gasteiger partial charge on any atom is 0.282 e. The topological polar surface area (TPSA) is 118 Å². The number of pyridine rings is 1. The number of hydrazine groups is 1. The molecule has 1 saturated heterocycles. The van der Waals surface area contributed by atoms with Crippen LogP contribution >= 0.6 is 0 Å². The standard InChI is InChI=1S/C19H18N4O5/c1-28-9-13-15-14(10-5-2-3-7-12(10)21-13)18(26)23(19(15)27)22-17(25)11-6-4-8-20-16(11)24/h2-3,5,7,11H,4,6,8-9H2,1H3,(H,20,24)(H,22,25). The van der Waals surface area contributed by atoms with Crippen LogP contribution in [0, 0.1) is 5.92 Å². The molecule has 0 aliphatic carbocycles.